The largest absolute Gasteiger partial charge is 0.493 e. The zero-order chi connectivity index (χ0) is 44.1. The first-order chi connectivity index (χ1) is 30.7. The number of carbonyl (C=O) groups is 7. The number of nitrogens with one attached hydrogen (secondary N) is 2. The second kappa shape index (κ2) is 21.6. The fourth-order valence-corrected chi connectivity index (χ4v) is 8.64. The molecule has 7 amide bonds. The molecular weight excluding hydrogens is 805 g/mol. The molecule has 6 heterocycles. The summed E-state index contributed by atoms with van der Waals surface area (Å²) < 4.78 is 5.93. The molecule has 4 aliphatic heterocycles. The van der Waals surface area contributed by atoms with Crippen molar-refractivity contribution in [2.75, 3.05) is 57.3 Å². The topological polar surface area (TPSA) is 192 Å². The van der Waals surface area contributed by atoms with E-state index in [9.17, 15) is 33.6 Å². The molecule has 7 rings (SSSR count). The standard InChI is InChI=1S/C47H56N8O8/c56-40(18-14-34-10-8-22-48-31-34)49-23-5-4-9-33-20-24-54(25-21-33)45(60)35-15-17-39(50-32-35)52-26-28-53(29-27-52)42(58)13-3-1-2-6-30-63-38-12-7-11-36-43(38)47(62)55(46(36)61)37-16-19-41(57)51-44(37)59/h7-8,10-12,14-15,17-18,22,31-33,37H,1-6,9,13,16,19-21,23-30H2,(H,49,56)(H,51,57,59)/b18-14+. The molecule has 0 radical (unpaired) electrons. The van der Waals surface area contributed by atoms with Crippen molar-refractivity contribution in [1.82, 2.24) is 35.3 Å². The zero-order valence-corrected chi connectivity index (χ0v) is 35.7. The lowest BCUT2D eigenvalue weighted by molar-refractivity contribution is -0.136. The Kier molecular flexibility index (Phi) is 15.3. The van der Waals surface area contributed by atoms with Crippen LogP contribution in [-0.2, 0) is 19.2 Å². The highest BCUT2D eigenvalue weighted by molar-refractivity contribution is 6.24. The Morgan fingerprint density at radius 2 is 1.62 bits per heavy atom. The van der Waals surface area contributed by atoms with Crippen molar-refractivity contribution in [3.05, 3.63) is 89.4 Å². The molecule has 3 saturated heterocycles. The fraction of sp³-hybridized carbons (Fsp3) is 0.468. The summed E-state index contributed by atoms with van der Waals surface area (Å²) in [5, 5.41) is 5.15. The number of benzene rings is 1. The van der Waals surface area contributed by atoms with Crippen LogP contribution in [0.2, 0.25) is 0 Å². The van der Waals surface area contributed by atoms with Gasteiger partial charge in [-0.15, -0.1) is 0 Å². The lowest BCUT2D eigenvalue weighted by Gasteiger charge is -2.35. The number of fused-ring (bicyclic) bond motifs is 1. The summed E-state index contributed by atoms with van der Waals surface area (Å²) in [5.41, 5.74) is 1.79. The molecule has 1 atom stereocenters. The first-order valence-corrected chi connectivity index (χ1v) is 22.3. The Labute approximate surface area is 367 Å². The van der Waals surface area contributed by atoms with Crippen LogP contribution < -0.4 is 20.3 Å². The third-order valence-corrected chi connectivity index (χ3v) is 12.3. The van der Waals surface area contributed by atoms with Crippen LogP contribution in [0.25, 0.3) is 6.08 Å². The Hall–Kier alpha value is -6.45. The first kappa shape index (κ1) is 44.6. The van der Waals surface area contributed by atoms with Gasteiger partial charge in [0.1, 0.15) is 17.6 Å². The summed E-state index contributed by atoms with van der Waals surface area (Å²) in [5.74, 6) is -0.563. The number of hydrogen-bond acceptors (Lipinski definition) is 11. The van der Waals surface area contributed by atoms with Crippen LogP contribution in [0.4, 0.5) is 5.82 Å². The highest BCUT2D eigenvalue weighted by Crippen LogP contribution is 2.34. The van der Waals surface area contributed by atoms with E-state index in [1.807, 2.05) is 34.1 Å². The fourth-order valence-electron chi connectivity index (χ4n) is 8.64. The van der Waals surface area contributed by atoms with Crippen molar-refractivity contribution in [3.8, 4) is 5.75 Å². The highest BCUT2D eigenvalue weighted by atomic mass is 16.5. The molecule has 0 saturated carbocycles. The Balaban J connectivity index is 0.734. The Bertz CT molecular complexity index is 2160. The summed E-state index contributed by atoms with van der Waals surface area (Å²) in [6.07, 6.45) is 17.0. The molecule has 0 spiro atoms. The van der Waals surface area contributed by atoms with Crippen molar-refractivity contribution in [3.63, 3.8) is 0 Å². The number of anilines is 1. The molecule has 2 aromatic heterocycles. The summed E-state index contributed by atoms with van der Waals surface area (Å²) >= 11 is 0. The van der Waals surface area contributed by atoms with E-state index < -0.39 is 29.7 Å². The average molecular weight is 861 g/mol. The van der Waals surface area contributed by atoms with Crippen LogP contribution in [0, 0.1) is 5.92 Å². The number of nitrogens with zero attached hydrogens (tertiary/aromatic N) is 6. The van der Waals surface area contributed by atoms with Gasteiger partial charge in [-0.1, -0.05) is 37.8 Å². The number of ether oxygens (including phenoxy) is 1. The number of pyridine rings is 2. The normalized spacial score (nSPS) is 18.2. The van der Waals surface area contributed by atoms with Gasteiger partial charge in [-0.25, -0.2) is 4.98 Å². The molecule has 3 fully saturated rings. The number of amides is 7. The number of unbranched alkanes of at least 4 members (excludes halogenated alkanes) is 4. The van der Waals surface area contributed by atoms with Gasteiger partial charge in [0.25, 0.3) is 17.7 Å². The zero-order valence-electron chi connectivity index (χ0n) is 35.7. The van der Waals surface area contributed by atoms with Crippen molar-refractivity contribution >= 4 is 53.2 Å². The minimum absolute atomic E-state index is 0.00567. The molecule has 1 aromatic carbocycles. The van der Waals surface area contributed by atoms with E-state index in [4.69, 9.17) is 4.74 Å². The SMILES string of the molecule is O=C(/C=C/c1cccnc1)NCCCCC1CCN(C(=O)c2ccc(N3CCN(C(=O)CCCCCCOc4cccc5c4C(=O)N(C4CCC(=O)NC4=O)C5=O)CC3)nc2)CC1. The minimum atomic E-state index is -1.03. The molecule has 16 nitrogen and oxygen atoms in total. The quantitative estimate of drug-likeness (QED) is 0.105. The lowest BCUT2D eigenvalue weighted by atomic mass is 9.91. The number of imide groups is 2. The molecule has 63 heavy (non-hydrogen) atoms. The predicted molar refractivity (Wildman–Crippen MR) is 233 cm³/mol. The third-order valence-electron chi connectivity index (χ3n) is 12.3. The Morgan fingerprint density at radius 1 is 0.810 bits per heavy atom. The predicted octanol–water partition coefficient (Wildman–Crippen LogP) is 4.41. The summed E-state index contributed by atoms with van der Waals surface area (Å²) in [6.45, 7) is 4.95. The summed E-state index contributed by atoms with van der Waals surface area (Å²) in [6, 6.07) is 11.3. The Morgan fingerprint density at radius 3 is 2.37 bits per heavy atom. The number of rotatable bonds is 18. The number of hydrogen-bond donors (Lipinski definition) is 2. The summed E-state index contributed by atoms with van der Waals surface area (Å²) in [4.78, 5) is 104. The van der Waals surface area contributed by atoms with Gasteiger partial charge in [0, 0.05) is 83.3 Å². The number of likely N-dealkylation sites (tertiary alicyclic amines) is 1. The van der Waals surface area contributed by atoms with E-state index in [0.717, 1.165) is 80.7 Å². The van der Waals surface area contributed by atoms with Crippen LogP contribution in [0.5, 0.6) is 5.75 Å². The average Bonchev–Trinajstić information content (AvgIpc) is 3.56. The van der Waals surface area contributed by atoms with Crippen LogP contribution in [0.1, 0.15) is 114 Å². The molecule has 1 unspecified atom stereocenters. The maximum absolute atomic E-state index is 13.3. The summed E-state index contributed by atoms with van der Waals surface area (Å²) in [7, 11) is 0. The molecule has 4 aliphatic rings. The molecule has 3 aromatic rings. The van der Waals surface area contributed by atoms with E-state index in [2.05, 4.69) is 25.5 Å². The van der Waals surface area contributed by atoms with Gasteiger partial charge in [-0.3, -0.25) is 48.8 Å². The van der Waals surface area contributed by atoms with E-state index in [1.54, 1.807) is 36.8 Å². The van der Waals surface area contributed by atoms with Gasteiger partial charge in [0.15, 0.2) is 0 Å². The van der Waals surface area contributed by atoms with E-state index in [0.29, 0.717) is 63.7 Å². The van der Waals surface area contributed by atoms with Gasteiger partial charge in [-0.2, -0.15) is 0 Å². The lowest BCUT2D eigenvalue weighted by Crippen LogP contribution is -2.54. The van der Waals surface area contributed by atoms with Crippen LogP contribution in [-0.4, -0.2) is 124 Å². The second-order valence-electron chi connectivity index (χ2n) is 16.6. The van der Waals surface area contributed by atoms with Crippen molar-refractivity contribution < 1.29 is 38.3 Å². The maximum atomic E-state index is 13.3. The monoisotopic (exact) mass is 860 g/mol. The minimum Gasteiger partial charge on any atom is -0.493 e. The van der Waals surface area contributed by atoms with Gasteiger partial charge in [-0.05, 0) is 86.4 Å². The molecule has 16 heteroatoms. The third kappa shape index (κ3) is 11.5. The number of aromatic nitrogens is 2. The van der Waals surface area contributed by atoms with Crippen molar-refractivity contribution in [2.24, 2.45) is 5.92 Å². The molecular formula is C47H56N8O8. The van der Waals surface area contributed by atoms with E-state index in [1.165, 1.54) is 12.1 Å². The van der Waals surface area contributed by atoms with Gasteiger partial charge in [0.2, 0.25) is 23.6 Å². The molecule has 0 aliphatic carbocycles. The molecule has 332 valence electrons. The number of piperazine rings is 1. The molecule has 0 bridgehead atoms. The van der Waals surface area contributed by atoms with Gasteiger partial charge < -0.3 is 24.8 Å². The number of carbonyl (C=O) groups excluding carboxylic acids is 7. The maximum Gasteiger partial charge on any atom is 0.266 e. The van der Waals surface area contributed by atoms with Gasteiger partial charge >= 0.3 is 0 Å². The van der Waals surface area contributed by atoms with E-state index in [-0.39, 0.29) is 47.4 Å². The number of piperidine rings is 2. The van der Waals surface area contributed by atoms with Crippen molar-refractivity contribution in [2.45, 2.75) is 83.1 Å². The van der Waals surface area contributed by atoms with Gasteiger partial charge in [0.05, 0.1) is 23.3 Å². The van der Waals surface area contributed by atoms with Crippen LogP contribution in [0.3, 0.4) is 0 Å². The van der Waals surface area contributed by atoms with Crippen molar-refractivity contribution in [1.29, 1.82) is 0 Å². The van der Waals surface area contributed by atoms with Crippen LogP contribution >= 0.6 is 0 Å². The second-order valence-corrected chi connectivity index (χ2v) is 16.6. The highest BCUT2D eigenvalue weighted by Gasteiger charge is 2.46. The molecule has 2 N–H and O–H groups in total. The smallest absolute Gasteiger partial charge is 0.266 e. The van der Waals surface area contributed by atoms with Crippen LogP contribution in [0.15, 0.2) is 67.1 Å². The van der Waals surface area contributed by atoms with E-state index >= 15 is 0 Å². The first-order valence-electron chi connectivity index (χ1n) is 22.3.